The molecule has 4 aromatic rings. The van der Waals surface area contributed by atoms with Crippen LogP contribution in [0.1, 0.15) is 18.2 Å². The second kappa shape index (κ2) is 10.3. The van der Waals surface area contributed by atoms with Crippen molar-refractivity contribution in [1.82, 2.24) is 19.7 Å². The number of aromatic nitrogens is 4. The average Bonchev–Trinajstić information content (AvgIpc) is 3.54. The van der Waals surface area contributed by atoms with Gasteiger partial charge in [-0.3, -0.25) is 14.3 Å². The molecule has 0 aliphatic heterocycles. The highest BCUT2D eigenvalue weighted by Gasteiger charge is 2.29. The minimum atomic E-state index is -4.04. The SMILES string of the molecule is COc1cccc(OC)c1-n1c(NS(=O)(=O)[C@H](C)Cc2ncc(Cl)cc2C#N)nnc1-c1ccco1. The number of sulfonamides is 1. The Morgan fingerprint density at radius 1 is 1.19 bits per heavy atom. The first-order valence-electron chi connectivity index (χ1n) is 10.6. The van der Waals surface area contributed by atoms with Crippen molar-refractivity contribution in [3.63, 3.8) is 0 Å². The van der Waals surface area contributed by atoms with Crippen molar-refractivity contribution in [2.45, 2.75) is 18.6 Å². The lowest BCUT2D eigenvalue weighted by atomic mass is 10.1. The number of hydrogen-bond acceptors (Lipinski definition) is 9. The molecule has 0 unspecified atom stereocenters. The second-order valence-corrected chi connectivity index (χ2v) is 10.1. The minimum absolute atomic E-state index is 0.0352. The number of anilines is 1. The predicted octanol–water partition coefficient (Wildman–Crippen LogP) is 3.84. The van der Waals surface area contributed by atoms with Gasteiger partial charge in [0.15, 0.2) is 5.76 Å². The van der Waals surface area contributed by atoms with Gasteiger partial charge in [-0.1, -0.05) is 17.7 Å². The lowest BCUT2D eigenvalue weighted by molar-refractivity contribution is 0.391. The van der Waals surface area contributed by atoms with Crippen molar-refractivity contribution in [1.29, 1.82) is 5.26 Å². The van der Waals surface area contributed by atoms with Gasteiger partial charge in [0.1, 0.15) is 23.3 Å². The molecule has 11 nitrogen and oxygen atoms in total. The lowest BCUT2D eigenvalue weighted by Gasteiger charge is -2.18. The van der Waals surface area contributed by atoms with E-state index in [1.807, 2.05) is 6.07 Å². The number of nitriles is 1. The Hall–Kier alpha value is -4.08. The fraction of sp³-hybridized carbons (Fsp3) is 0.217. The first-order chi connectivity index (χ1) is 17.3. The molecule has 4 rings (SSSR count). The van der Waals surface area contributed by atoms with E-state index in [0.29, 0.717) is 28.6 Å². The van der Waals surface area contributed by atoms with E-state index in [1.54, 1.807) is 30.3 Å². The number of rotatable bonds is 9. The minimum Gasteiger partial charge on any atom is -0.494 e. The van der Waals surface area contributed by atoms with Crippen LogP contribution in [0, 0.1) is 11.3 Å². The van der Waals surface area contributed by atoms with Crippen molar-refractivity contribution >= 4 is 27.6 Å². The number of benzene rings is 1. The summed E-state index contributed by atoms with van der Waals surface area (Å²) in [5.74, 6) is 1.23. The summed E-state index contributed by atoms with van der Waals surface area (Å²) < 4.78 is 47.2. The molecule has 13 heteroatoms. The highest BCUT2D eigenvalue weighted by molar-refractivity contribution is 7.93. The molecule has 1 atom stereocenters. The third kappa shape index (κ3) is 4.84. The third-order valence-electron chi connectivity index (χ3n) is 5.33. The van der Waals surface area contributed by atoms with Gasteiger partial charge < -0.3 is 13.9 Å². The van der Waals surface area contributed by atoms with Crippen molar-refractivity contribution < 1.29 is 22.3 Å². The van der Waals surface area contributed by atoms with E-state index in [4.69, 9.17) is 25.5 Å². The summed E-state index contributed by atoms with van der Waals surface area (Å²) in [5.41, 5.74) is 0.880. The van der Waals surface area contributed by atoms with Crippen LogP contribution in [0.15, 0.2) is 53.3 Å². The van der Waals surface area contributed by atoms with Crippen LogP contribution in [-0.2, 0) is 16.4 Å². The van der Waals surface area contributed by atoms with Crippen molar-refractivity contribution in [3.05, 3.63) is 65.1 Å². The maximum Gasteiger partial charge on any atom is 0.243 e. The van der Waals surface area contributed by atoms with Crippen molar-refractivity contribution in [3.8, 4) is 34.8 Å². The molecule has 3 aromatic heterocycles. The number of nitrogens with zero attached hydrogens (tertiary/aromatic N) is 5. The van der Waals surface area contributed by atoms with E-state index in [0.717, 1.165) is 0 Å². The molecular formula is C23H21ClN6O5S. The number of hydrogen-bond donors (Lipinski definition) is 1. The Morgan fingerprint density at radius 2 is 1.92 bits per heavy atom. The fourth-order valence-electron chi connectivity index (χ4n) is 3.52. The summed E-state index contributed by atoms with van der Waals surface area (Å²) in [4.78, 5) is 4.13. The van der Waals surface area contributed by atoms with Gasteiger partial charge in [0, 0.05) is 12.6 Å². The smallest absolute Gasteiger partial charge is 0.243 e. The second-order valence-electron chi connectivity index (χ2n) is 7.59. The van der Waals surface area contributed by atoms with E-state index < -0.39 is 15.3 Å². The van der Waals surface area contributed by atoms with Gasteiger partial charge >= 0.3 is 0 Å². The van der Waals surface area contributed by atoms with Crippen LogP contribution in [0.5, 0.6) is 11.5 Å². The van der Waals surface area contributed by atoms with E-state index in [1.165, 1.54) is 44.2 Å². The summed E-state index contributed by atoms with van der Waals surface area (Å²) in [6.45, 7) is 1.50. The Morgan fingerprint density at radius 3 is 2.53 bits per heavy atom. The number of ether oxygens (including phenoxy) is 2. The topological polar surface area (TPSA) is 145 Å². The molecular weight excluding hydrogens is 508 g/mol. The third-order valence-corrected chi connectivity index (χ3v) is 7.23. The maximum atomic E-state index is 13.3. The first-order valence-corrected chi connectivity index (χ1v) is 12.5. The zero-order valence-electron chi connectivity index (χ0n) is 19.5. The number of halogens is 1. The molecule has 0 aliphatic carbocycles. The van der Waals surface area contributed by atoms with Gasteiger partial charge in [0.2, 0.25) is 21.8 Å². The van der Waals surface area contributed by atoms with Crippen LogP contribution >= 0.6 is 11.6 Å². The largest absolute Gasteiger partial charge is 0.494 e. The average molecular weight is 529 g/mol. The quantitative estimate of drug-likeness (QED) is 0.342. The number of methoxy groups -OCH3 is 2. The molecule has 0 bridgehead atoms. The van der Waals surface area contributed by atoms with Crippen LogP contribution in [0.3, 0.4) is 0 Å². The lowest BCUT2D eigenvalue weighted by Crippen LogP contribution is -2.29. The van der Waals surface area contributed by atoms with Gasteiger partial charge in [-0.25, -0.2) is 8.42 Å². The molecule has 1 N–H and O–H groups in total. The summed E-state index contributed by atoms with van der Waals surface area (Å²) in [5, 5.41) is 16.9. The summed E-state index contributed by atoms with van der Waals surface area (Å²) in [6.07, 6.45) is 2.79. The molecule has 0 fully saturated rings. The molecule has 36 heavy (non-hydrogen) atoms. The van der Waals surface area contributed by atoms with Crippen LogP contribution in [0.4, 0.5) is 5.95 Å². The van der Waals surface area contributed by atoms with E-state index in [-0.39, 0.29) is 28.8 Å². The van der Waals surface area contributed by atoms with Crippen molar-refractivity contribution in [2.75, 3.05) is 18.9 Å². The molecule has 0 spiro atoms. The molecule has 186 valence electrons. The Bertz CT molecular complexity index is 1510. The Kier molecular flexibility index (Phi) is 7.14. The Balaban J connectivity index is 1.77. The Labute approximate surface area is 212 Å². The molecule has 1 aromatic carbocycles. The molecule has 0 aliphatic rings. The monoisotopic (exact) mass is 528 g/mol. The van der Waals surface area contributed by atoms with Gasteiger partial charge in [-0.2, -0.15) is 5.26 Å². The van der Waals surface area contributed by atoms with Gasteiger partial charge in [0.05, 0.1) is 42.0 Å². The summed E-state index contributed by atoms with van der Waals surface area (Å²) in [7, 11) is -1.08. The summed E-state index contributed by atoms with van der Waals surface area (Å²) >= 11 is 5.91. The highest BCUT2D eigenvalue weighted by atomic mass is 35.5. The molecule has 3 heterocycles. The van der Waals surface area contributed by atoms with Gasteiger partial charge in [-0.05, 0) is 37.3 Å². The normalized spacial score (nSPS) is 12.1. The molecule has 0 saturated heterocycles. The highest BCUT2D eigenvalue weighted by Crippen LogP contribution is 2.37. The molecule has 0 saturated carbocycles. The van der Waals surface area contributed by atoms with Crippen LogP contribution < -0.4 is 14.2 Å². The van der Waals surface area contributed by atoms with E-state index in [2.05, 4.69) is 19.9 Å². The number of nitrogens with one attached hydrogen (secondary N) is 1. The van der Waals surface area contributed by atoms with Crippen LogP contribution in [-0.4, -0.2) is 47.6 Å². The molecule has 0 amide bonds. The van der Waals surface area contributed by atoms with E-state index in [9.17, 15) is 13.7 Å². The standard InChI is InChI=1S/C23H21ClN6O5S/c1-14(10-17-15(12-25)11-16(24)13-26-17)36(31,32)29-23-28-27-22(20-8-5-9-35-20)30(23)21-18(33-2)6-4-7-19(21)34-3/h4-9,11,13-14H,10H2,1-3H3,(H,28,29)/t14-/m1/s1. The molecule has 0 radical (unpaired) electrons. The van der Waals surface area contributed by atoms with E-state index >= 15 is 0 Å². The zero-order chi connectivity index (χ0) is 25.9. The van der Waals surface area contributed by atoms with Crippen LogP contribution in [0.25, 0.3) is 17.3 Å². The number of para-hydroxylation sites is 1. The number of pyridine rings is 1. The summed E-state index contributed by atoms with van der Waals surface area (Å²) in [6, 6.07) is 11.9. The van der Waals surface area contributed by atoms with Gasteiger partial charge in [0.25, 0.3) is 0 Å². The maximum absolute atomic E-state index is 13.3. The predicted molar refractivity (Wildman–Crippen MR) is 132 cm³/mol. The first kappa shape index (κ1) is 25.0. The zero-order valence-corrected chi connectivity index (χ0v) is 21.0. The fourth-order valence-corrected chi connectivity index (χ4v) is 4.64. The van der Waals surface area contributed by atoms with Crippen molar-refractivity contribution in [2.24, 2.45) is 0 Å². The van der Waals surface area contributed by atoms with Gasteiger partial charge in [-0.15, -0.1) is 10.2 Å². The van der Waals surface area contributed by atoms with Crippen LogP contribution in [0.2, 0.25) is 5.02 Å². The number of furan rings is 1.